The maximum atomic E-state index is 12.3. The lowest BCUT2D eigenvalue weighted by Crippen LogP contribution is -2.57. The predicted molar refractivity (Wildman–Crippen MR) is 78.7 cm³/mol. The van der Waals surface area contributed by atoms with E-state index >= 15 is 0 Å². The Hall–Kier alpha value is -0.320. The summed E-state index contributed by atoms with van der Waals surface area (Å²) >= 11 is 0. The summed E-state index contributed by atoms with van der Waals surface area (Å²) < 4.78 is 5.14. The number of hydrogen-bond donors (Lipinski definition) is 2. The first-order valence-corrected chi connectivity index (χ1v) is 7.13. The van der Waals surface area contributed by atoms with Crippen molar-refractivity contribution in [2.24, 2.45) is 5.41 Å². The smallest absolute Gasteiger partial charge is 0.240 e. The van der Waals surface area contributed by atoms with Crippen LogP contribution in [0.2, 0.25) is 0 Å². The van der Waals surface area contributed by atoms with Gasteiger partial charge in [-0.25, -0.2) is 0 Å². The summed E-state index contributed by atoms with van der Waals surface area (Å²) in [6.07, 6.45) is 6.78. The Labute approximate surface area is 122 Å². The third-order valence-corrected chi connectivity index (χ3v) is 4.54. The van der Waals surface area contributed by atoms with Crippen LogP contribution in [0.15, 0.2) is 0 Å². The van der Waals surface area contributed by atoms with Gasteiger partial charge in [0.25, 0.3) is 0 Å². The molecule has 112 valence electrons. The largest absolute Gasteiger partial charge is 0.385 e. The molecule has 2 N–H and O–H groups in total. The number of carbonyl (C=O) groups is 1. The van der Waals surface area contributed by atoms with Crippen LogP contribution in [-0.4, -0.2) is 38.3 Å². The molecule has 1 aliphatic heterocycles. The quantitative estimate of drug-likeness (QED) is 0.785. The van der Waals surface area contributed by atoms with E-state index in [1.807, 2.05) is 6.92 Å². The molecule has 2 fully saturated rings. The molecule has 1 amide bonds. The van der Waals surface area contributed by atoms with Crippen LogP contribution in [0.3, 0.4) is 0 Å². The Morgan fingerprint density at radius 3 is 2.58 bits per heavy atom. The fourth-order valence-electron chi connectivity index (χ4n) is 2.72. The summed E-state index contributed by atoms with van der Waals surface area (Å²) in [5, 5.41) is 6.51. The maximum absolute atomic E-state index is 12.3. The topological polar surface area (TPSA) is 50.4 Å². The van der Waals surface area contributed by atoms with Crippen molar-refractivity contribution in [1.29, 1.82) is 0 Å². The molecule has 2 aliphatic rings. The number of amides is 1. The van der Waals surface area contributed by atoms with Crippen molar-refractivity contribution in [3.05, 3.63) is 0 Å². The highest BCUT2D eigenvalue weighted by Crippen LogP contribution is 2.48. The lowest BCUT2D eigenvalue weighted by molar-refractivity contribution is -0.128. The van der Waals surface area contributed by atoms with Gasteiger partial charge in [-0.3, -0.25) is 4.79 Å². The van der Waals surface area contributed by atoms with Gasteiger partial charge in [0.1, 0.15) is 0 Å². The Morgan fingerprint density at radius 1 is 1.32 bits per heavy atom. The Balaban J connectivity index is 0.00000180. The van der Waals surface area contributed by atoms with Gasteiger partial charge < -0.3 is 15.4 Å². The summed E-state index contributed by atoms with van der Waals surface area (Å²) in [6.45, 7) is 4.59. The number of ether oxygens (including phenoxy) is 1. The molecule has 5 heteroatoms. The van der Waals surface area contributed by atoms with Crippen molar-refractivity contribution >= 4 is 18.3 Å². The van der Waals surface area contributed by atoms with Gasteiger partial charge in [-0.2, -0.15) is 0 Å². The molecule has 0 spiro atoms. The van der Waals surface area contributed by atoms with Crippen LogP contribution in [0.5, 0.6) is 0 Å². The van der Waals surface area contributed by atoms with Gasteiger partial charge in [-0.15, -0.1) is 12.4 Å². The van der Waals surface area contributed by atoms with Crippen molar-refractivity contribution in [3.8, 4) is 0 Å². The second-order valence-electron chi connectivity index (χ2n) is 6.14. The molecule has 0 radical (unpaired) electrons. The first-order valence-electron chi connectivity index (χ1n) is 7.13. The number of hydrogen-bond acceptors (Lipinski definition) is 3. The molecule has 19 heavy (non-hydrogen) atoms. The second kappa shape index (κ2) is 6.91. The normalized spacial score (nSPS) is 28.3. The van der Waals surface area contributed by atoms with Gasteiger partial charge in [0.05, 0.1) is 5.54 Å². The molecule has 4 nitrogen and oxygen atoms in total. The third kappa shape index (κ3) is 4.33. The van der Waals surface area contributed by atoms with Crippen LogP contribution in [0.25, 0.3) is 0 Å². The average molecular weight is 291 g/mol. The summed E-state index contributed by atoms with van der Waals surface area (Å²) in [5.41, 5.74) is -0.0215. The Kier molecular flexibility index (Phi) is 6.09. The fraction of sp³-hybridized carbons (Fsp3) is 0.929. The molecule has 2 rings (SSSR count). The third-order valence-electron chi connectivity index (χ3n) is 4.54. The van der Waals surface area contributed by atoms with Crippen LogP contribution in [0.4, 0.5) is 0 Å². The van der Waals surface area contributed by atoms with Crippen molar-refractivity contribution in [2.75, 3.05) is 26.8 Å². The van der Waals surface area contributed by atoms with Gasteiger partial charge in [-0.1, -0.05) is 0 Å². The number of piperidine rings is 1. The molecular weight excluding hydrogens is 264 g/mol. The summed E-state index contributed by atoms with van der Waals surface area (Å²) in [7, 11) is 1.74. The minimum absolute atomic E-state index is 0. The minimum atomic E-state index is -0.352. The van der Waals surface area contributed by atoms with Crippen LogP contribution in [-0.2, 0) is 9.53 Å². The van der Waals surface area contributed by atoms with Gasteiger partial charge >= 0.3 is 0 Å². The maximum Gasteiger partial charge on any atom is 0.240 e. The molecule has 1 saturated carbocycles. The Morgan fingerprint density at radius 2 is 2.05 bits per heavy atom. The van der Waals surface area contributed by atoms with E-state index in [0.29, 0.717) is 5.41 Å². The number of methoxy groups -OCH3 is 1. The van der Waals surface area contributed by atoms with Crippen molar-refractivity contribution in [2.45, 2.75) is 51.0 Å². The minimum Gasteiger partial charge on any atom is -0.385 e. The zero-order chi connectivity index (χ0) is 13.1. The lowest BCUT2D eigenvalue weighted by atomic mass is 9.89. The Bertz CT molecular complexity index is 300. The lowest BCUT2D eigenvalue weighted by Gasteiger charge is -2.34. The summed E-state index contributed by atoms with van der Waals surface area (Å²) in [6, 6.07) is 0. The van der Waals surface area contributed by atoms with E-state index in [1.54, 1.807) is 7.11 Å². The molecule has 0 bridgehead atoms. The van der Waals surface area contributed by atoms with E-state index in [4.69, 9.17) is 4.74 Å². The highest BCUT2D eigenvalue weighted by Gasteiger charge is 2.43. The molecule has 0 aromatic carbocycles. The fourth-order valence-corrected chi connectivity index (χ4v) is 2.72. The van der Waals surface area contributed by atoms with Gasteiger partial charge in [0.15, 0.2) is 0 Å². The molecule has 0 aromatic rings. The van der Waals surface area contributed by atoms with Gasteiger partial charge in [0.2, 0.25) is 5.91 Å². The molecule has 0 aromatic heterocycles. The zero-order valence-electron chi connectivity index (χ0n) is 12.1. The molecule has 1 saturated heterocycles. The summed E-state index contributed by atoms with van der Waals surface area (Å²) in [5.74, 6) is 0.172. The monoisotopic (exact) mass is 290 g/mol. The average Bonchev–Trinajstić information content (AvgIpc) is 3.15. The van der Waals surface area contributed by atoms with E-state index in [2.05, 4.69) is 10.6 Å². The summed E-state index contributed by atoms with van der Waals surface area (Å²) in [4.78, 5) is 12.3. The SMILES string of the molecule is COCCC1(CNC(=O)C2(C)CCCCN2)CC1.Cl. The van der Waals surface area contributed by atoms with Crippen molar-refractivity contribution in [3.63, 3.8) is 0 Å². The number of nitrogens with one attached hydrogen (secondary N) is 2. The number of rotatable bonds is 6. The van der Waals surface area contributed by atoms with Crippen LogP contribution < -0.4 is 10.6 Å². The number of halogens is 1. The molecule has 1 aliphatic carbocycles. The first-order chi connectivity index (χ1) is 8.60. The number of carbonyl (C=O) groups excluding carboxylic acids is 1. The van der Waals surface area contributed by atoms with E-state index in [-0.39, 0.29) is 23.9 Å². The second-order valence-corrected chi connectivity index (χ2v) is 6.14. The van der Waals surface area contributed by atoms with Crippen molar-refractivity contribution in [1.82, 2.24) is 10.6 Å². The standard InChI is InChI=1S/C14H26N2O2.ClH/c1-13(5-3-4-9-16-13)12(17)15-11-14(6-7-14)8-10-18-2;/h16H,3-11H2,1-2H3,(H,15,17);1H. The van der Waals surface area contributed by atoms with Gasteiger partial charge in [0, 0.05) is 20.3 Å². The van der Waals surface area contributed by atoms with Crippen molar-refractivity contribution < 1.29 is 9.53 Å². The van der Waals surface area contributed by atoms with E-state index < -0.39 is 0 Å². The highest BCUT2D eigenvalue weighted by molar-refractivity contribution is 5.86. The van der Waals surface area contributed by atoms with Gasteiger partial charge in [-0.05, 0) is 57.4 Å². The molecule has 1 unspecified atom stereocenters. The first kappa shape index (κ1) is 16.7. The predicted octanol–water partition coefficient (Wildman–Crippen LogP) is 1.87. The highest BCUT2D eigenvalue weighted by atomic mass is 35.5. The van der Waals surface area contributed by atoms with Crippen LogP contribution in [0, 0.1) is 5.41 Å². The van der Waals surface area contributed by atoms with Crippen LogP contribution in [0.1, 0.15) is 45.4 Å². The molecule has 1 atom stereocenters. The van der Waals surface area contributed by atoms with E-state index in [9.17, 15) is 4.79 Å². The van der Waals surface area contributed by atoms with E-state index in [0.717, 1.165) is 39.0 Å². The molecule has 1 heterocycles. The molecular formula is C14H27ClN2O2. The van der Waals surface area contributed by atoms with E-state index in [1.165, 1.54) is 19.3 Å². The zero-order valence-corrected chi connectivity index (χ0v) is 12.9. The van der Waals surface area contributed by atoms with Crippen LogP contribution >= 0.6 is 12.4 Å².